The van der Waals surface area contributed by atoms with Gasteiger partial charge in [0.25, 0.3) is 0 Å². The highest BCUT2D eigenvalue weighted by molar-refractivity contribution is 5.96. The van der Waals surface area contributed by atoms with Crippen molar-refractivity contribution in [2.75, 3.05) is 27.2 Å². The van der Waals surface area contributed by atoms with Crippen LogP contribution in [0, 0.1) is 0 Å². The zero-order valence-electron chi connectivity index (χ0n) is 21.7. The molecule has 1 unspecified atom stereocenters. The van der Waals surface area contributed by atoms with Crippen LogP contribution in [-0.4, -0.2) is 110 Å². The Bertz CT molecular complexity index is 963. The van der Waals surface area contributed by atoms with E-state index in [4.69, 9.17) is 28.4 Å². The molecule has 0 aromatic heterocycles. The maximum absolute atomic E-state index is 13.6. The second-order valence-corrected chi connectivity index (χ2v) is 8.39. The maximum Gasteiger partial charge on any atom is 0.354 e. The van der Waals surface area contributed by atoms with E-state index in [0.29, 0.717) is 0 Å². The number of ether oxygens (including phenoxy) is 6. The molecule has 2 rings (SSSR count). The van der Waals surface area contributed by atoms with E-state index in [9.17, 15) is 28.8 Å². The van der Waals surface area contributed by atoms with Gasteiger partial charge in [-0.2, -0.15) is 0 Å². The fourth-order valence-corrected chi connectivity index (χ4v) is 4.12. The predicted molar refractivity (Wildman–Crippen MR) is 121 cm³/mol. The number of carbonyl (C=O) groups is 6. The molecule has 37 heavy (non-hydrogen) atoms. The minimum atomic E-state index is -1.54. The van der Waals surface area contributed by atoms with E-state index in [-0.39, 0.29) is 18.8 Å². The van der Waals surface area contributed by atoms with Gasteiger partial charge in [-0.1, -0.05) is 0 Å². The van der Waals surface area contributed by atoms with Crippen molar-refractivity contribution in [3.8, 4) is 0 Å². The molecule has 14 heteroatoms. The molecule has 0 saturated carbocycles. The van der Waals surface area contributed by atoms with Crippen molar-refractivity contribution in [1.29, 1.82) is 0 Å². The Morgan fingerprint density at radius 1 is 0.946 bits per heavy atom. The van der Waals surface area contributed by atoms with Gasteiger partial charge in [0.05, 0.1) is 6.61 Å². The molecule has 0 aliphatic carbocycles. The molecule has 1 amide bonds. The van der Waals surface area contributed by atoms with Gasteiger partial charge in [-0.05, 0) is 20.0 Å². The monoisotopic (exact) mass is 528 g/mol. The summed E-state index contributed by atoms with van der Waals surface area (Å²) in [6.45, 7) is 6.13. The maximum atomic E-state index is 13.6. The number of hydrogen-bond acceptors (Lipinski definition) is 13. The summed E-state index contributed by atoms with van der Waals surface area (Å²) < 4.78 is 32.1. The topological polar surface area (TPSA) is 164 Å². The van der Waals surface area contributed by atoms with E-state index in [0.717, 1.165) is 32.6 Å². The predicted octanol–water partition coefficient (Wildman–Crippen LogP) is -0.711. The van der Waals surface area contributed by atoms with Gasteiger partial charge in [-0.3, -0.25) is 28.9 Å². The van der Waals surface area contributed by atoms with Gasteiger partial charge in [0, 0.05) is 41.3 Å². The Hall–Kier alpha value is -3.52. The average molecular weight is 529 g/mol. The molecule has 0 N–H and O–H groups in total. The van der Waals surface area contributed by atoms with Crippen LogP contribution in [0.15, 0.2) is 11.8 Å². The summed E-state index contributed by atoms with van der Waals surface area (Å²) in [5, 5.41) is 0. The van der Waals surface area contributed by atoms with Gasteiger partial charge in [-0.15, -0.1) is 0 Å². The summed E-state index contributed by atoms with van der Waals surface area (Å²) in [7, 11) is 2.89. The molecular formula is C23H32N2O12. The fourth-order valence-electron chi connectivity index (χ4n) is 4.12. The number of carbonyl (C=O) groups excluding carboxylic acids is 6. The summed E-state index contributed by atoms with van der Waals surface area (Å²) in [5.41, 5.74) is -0.0257. The van der Waals surface area contributed by atoms with Crippen LogP contribution in [0.5, 0.6) is 0 Å². The summed E-state index contributed by atoms with van der Waals surface area (Å²) in [6.07, 6.45) is -5.80. The molecule has 6 atom stereocenters. The fraction of sp³-hybridized carbons (Fsp3) is 0.652. The van der Waals surface area contributed by atoms with Crippen LogP contribution in [0.25, 0.3) is 0 Å². The highest BCUT2D eigenvalue weighted by Gasteiger charge is 2.58. The Morgan fingerprint density at radius 2 is 1.51 bits per heavy atom. The standard InChI is InChI=1S/C23H32N2O12/c1-8-32-22(31)15-9-10-24(6)16(21(30)25(15)7)17(33-11(2)26)18-19(34-12(3)27)20(35-13(4)28)23(37-18)36-14(5)29/h9,16-20,23H,8,10H2,1-7H3/t16-,17+,18-,19-,20-,23?/m1/s1. The quantitative estimate of drug-likeness (QED) is 0.287. The summed E-state index contributed by atoms with van der Waals surface area (Å²) in [4.78, 5) is 76.2. The lowest BCUT2D eigenvalue weighted by Gasteiger charge is -2.36. The van der Waals surface area contributed by atoms with Crippen molar-refractivity contribution < 1.29 is 57.2 Å². The Labute approximate surface area is 213 Å². The molecular weight excluding hydrogens is 496 g/mol. The molecule has 2 aliphatic rings. The third-order valence-electron chi connectivity index (χ3n) is 5.51. The zero-order chi connectivity index (χ0) is 28.0. The Kier molecular flexibility index (Phi) is 10.1. The molecule has 1 fully saturated rings. The van der Waals surface area contributed by atoms with Crippen molar-refractivity contribution >= 4 is 35.8 Å². The van der Waals surface area contributed by atoms with Gasteiger partial charge in [0.1, 0.15) is 17.8 Å². The molecule has 206 valence electrons. The second kappa shape index (κ2) is 12.6. The van der Waals surface area contributed by atoms with Crippen molar-refractivity contribution in [3.05, 3.63) is 11.8 Å². The summed E-state index contributed by atoms with van der Waals surface area (Å²) in [6, 6.07) is -1.27. The van der Waals surface area contributed by atoms with E-state index in [1.807, 2.05) is 0 Å². The number of amides is 1. The molecule has 0 aromatic rings. The molecule has 0 bridgehead atoms. The number of esters is 5. The third-order valence-corrected chi connectivity index (χ3v) is 5.51. The van der Waals surface area contributed by atoms with Crippen molar-refractivity contribution in [1.82, 2.24) is 9.80 Å². The minimum absolute atomic E-state index is 0.0257. The lowest BCUT2D eigenvalue weighted by Crippen LogP contribution is -2.59. The van der Waals surface area contributed by atoms with Crippen LogP contribution in [0.4, 0.5) is 0 Å². The SMILES string of the molecule is CCOC(=O)C1=CCN(C)[C@H]([C@H](OC(C)=O)[C@H]2OC(OC(C)=O)[C@H](OC(C)=O)[C@@H]2OC(C)=O)C(=O)N1C. The first-order chi connectivity index (χ1) is 17.3. The first-order valence-electron chi connectivity index (χ1n) is 11.5. The molecule has 14 nitrogen and oxygen atoms in total. The molecule has 0 spiro atoms. The van der Waals surface area contributed by atoms with Crippen LogP contribution in [-0.2, 0) is 57.2 Å². The number of nitrogens with zero attached hydrogens (tertiary/aromatic N) is 2. The lowest BCUT2D eigenvalue weighted by molar-refractivity contribution is -0.204. The largest absolute Gasteiger partial charge is 0.461 e. The Balaban J connectivity index is 2.56. The summed E-state index contributed by atoms with van der Waals surface area (Å²) >= 11 is 0. The van der Waals surface area contributed by atoms with E-state index < -0.39 is 72.5 Å². The van der Waals surface area contributed by atoms with Crippen LogP contribution >= 0.6 is 0 Å². The van der Waals surface area contributed by atoms with E-state index >= 15 is 0 Å². The first-order valence-corrected chi connectivity index (χ1v) is 11.5. The number of rotatable bonds is 8. The molecule has 0 radical (unpaired) electrons. The van der Waals surface area contributed by atoms with Crippen LogP contribution < -0.4 is 0 Å². The molecule has 1 saturated heterocycles. The Morgan fingerprint density at radius 3 is 2.03 bits per heavy atom. The molecule has 0 aromatic carbocycles. The molecule has 2 heterocycles. The van der Waals surface area contributed by atoms with Gasteiger partial charge in [0.15, 0.2) is 12.2 Å². The van der Waals surface area contributed by atoms with E-state index in [2.05, 4.69) is 0 Å². The van der Waals surface area contributed by atoms with Gasteiger partial charge < -0.3 is 33.3 Å². The van der Waals surface area contributed by atoms with Crippen LogP contribution in [0.2, 0.25) is 0 Å². The first kappa shape index (κ1) is 29.7. The lowest BCUT2D eigenvalue weighted by atomic mass is 9.97. The minimum Gasteiger partial charge on any atom is -0.461 e. The molecule has 2 aliphatic heterocycles. The normalized spacial score (nSPS) is 26.9. The second-order valence-electron chi connectivity index (χ2n) is 8.39. The van der Waals surface area contributed by atoms with E-state index in [1.54, 1.807) is 14.0 Å². The van der Waals surface area contributed by atoms with Crippen molar-refractivity contribution in [2.45, 2.75) is 71.4 Å². The zero-order valence-corrected chi connectivity index (χ0v) is 21.7. The summed E-state index contributed by atoms with van der Waals surface area (Å²) in [5.74, 6) is -4.59. The van der Waals surface area contributed by atoms with Gasteiger partial charge >= 0.3 is 29.8 Å². The van der Waals surface area contributed by atoms with Gasteiger partial charge in [-0.25, -0.2) is 4.79 Å². The van der Waals surface area contributed by atoms with Crippen LogP contribution in [0.3, 0.4) is 0 Å². The highest BCUT2D eigenvalue weighted by atomic mass is 16.8. The van der Waals surface area contributed by atoms with Crippen molar-refractivity contribution in [2.24, 2.45) is 0 Å². The number of hydrogen-bond donors (Lipinski definition) is 0. The highest BCUT2D eigenvalue weighted by Crippen LogP contribution is 2.34. The van der Waals surface area contributed by atoms with E-state index in [1.165, 1.54) is 18.0 Å². The number of likely N-dealkylation sites (N-methyl/N-ethyl adjacent to an activating group) is 2. The average Bonchev–Trinajstić information content (AvgIpc) is 3.01. The van der Waals surface area contributed by atoms with Gasteiger partial charge in [0.2, 0.25) is 18.3 Å². The van der Waals surface area contributed by atoms with Crippen molar-refractivity contribution in [3.63, 3.8) is 0 Å². The smallest absolute Gasteiger partial charge is 0.354 e. The van der Waals surface area contributed by atoms with Crippen LogP contribution in [0.1, 0.15) is 34.6 Å². The third kappa shape index (κ3) is 7.26.